The third kappa shape index (κ3) is 1.20. The number of nitrogens with zero attached hydrogens (tertiary/aromatic N) is 2. The first-order valence-corrected chi connectivity index (χ1v) is 5.12. The van der Waals surface area contributed by atoms with Gasteiger partial charge in [-0.1, -0.05) is 12.1 Å². The van der Waals surface area contributed by atoms with Gasteiger partial charge < -0.3 is 10.7 Å². The first kappa shape index (κ1) is 9.03. The van der Waals surface area contributed by atoms with Gasteiger partial charge in [-0.15, -0.1) is 0 Å². The van der Waals surface area contributed by atoms with E-state index < -0.39 is 0 Å². The molecule has 1 aromatic carbocycles. The second kappa shape index (κ2) is 3.13. The van der Waals surface area contributed by atoms with Crippen LogP contribution in [0.4, 0.5) is 5.82 Å². The highest BCUT2D eigenvalue weighted by molar-refractivity contribution is 5.94. The largest absolute Gasteiger partial charge is 0.384 e. The van der Waals surface area contributed by atoms with Crippen LogP contribution in [0.2, 0.25) is 0 Å². The average Bonchev–Trinajstić information content (AvgIpc) is 2.85. The van der Waals surface area contributed by atoms with E-state index in [0.29, 0.717) is 5.82 Å². The molecule has 0 fully saturated rings. The number of aromatic amines is 1. The highest BCUT2D eigenvalue weighted by Gasteiger charge is 2.08. The molecule has 3 aromatic rings. The summed E-state index contributed by atoms with van der Waals surface area (Å²) in [6.07, 6.45) is 1.93. The fourth-order valence-electron chi connectivity index (χ4n) is 1.92. The van der Waals surface area contributed by atoms with Gasteiger partial charge in [-0.05, 0) is 12.1 Å². The lowest BCUT2D eigenvalue weighted by Crippen LogP contribution is -1.96. The zero-order valence-corrected chi connectivity index (χ0v) is 8.94. The van der Waals surface area contributed by atoms with Crippen molar-refractivity contribution in [3.63, 3.8) is 0 Å². The van der Waals surface area contributed by atoms with E-state index in [-0.39, 0.29) is 0 Å². The maximum atomic E-state index is 5.79. The van der Waals surface area contributed by atoms with Crippen molar-refractivity contribution in [2.24, 2.45) is 7.05 Å². The molecular weight excluding hydrogens is 200 g/mol. The minimum absolute atomic E-state index is 0.669. The minimum atomic E-state index is 0.669. The molecule has 4 nitrogen and oxygen atoms in total. The summed E-state index contributed by atoms with van der Waals surface area (Å²) in [5.74, 6) is 0.669. The number of nitrogen functional groups attached to an aromatic ring is 1. The number of aryl methyl sites for hydroxylation is 1. The Labute approximate surface area is 92.7 Å². The highest BCUT2D eigenvalue weighted by atomic mass is 15.3. The van der Waals surface area contributed by atoms with Crippen LogP contribution in [0, 0.1) is 0 Å². The van der Waals surface area contributed by atoms with Crippen molar-refractivity contribution in [1.29, 1.82) is 0 Å². The average molecular weight is 212 g/mol. The fraction of sp³-hybridized carbons (Fsp3) is 0.0833. The molecular formula is C12H12N4. The van der Waals surface area contributed by atoms with Crippen LogP contribution in [-0.2, 0) is 7.05 Å². The van der Waals surface area contributed by atoms with Crippen LogP contribution < -0.4 is 5.73 Å². The molecule has 2 heterocycles. The molecule has 0 aliphatic heterocycles. The van der Waals surface area contributed by atoms with E-state index in [4.69, 9.17) is 5.73 Å². The maximum absolute atomic E-state index is 5.79. The molecule has 0 spiro atoms. The Bertz CT molecular complexity index is 628. The lowest BCUT2D eigenvalue weighted by Gasteiger charge is -1.98. The van der Waals surface area contributed by atoms with Crippen molar-refractivity contribution in [1.82, 2.24) is 14.8 Å². The second-order valence-corrected chi connectivity index (χ2v) is 3.82. The molecule has 0 aliphatic rings. The van der Waals surface area contributed by atoms with Crippen LogP contribution in [0.1, 0.15) is 0 Å². The van der Waals surface area contributed by atoms with E-state index >= 15 is 0 Å². The Morgan fingerprint density at radius 2 is 2.19 bits per heavy atom. The quantitative estimate of drug-likeness (QED) is 0.649. The predicted molar refractivity (Wildman–Crippen MR) is 64.9 cm³/mol. The molecule has 0 saturated carbocycles. The number of hydrogen-bond acceptors (Lipinski definition) is 2. The number of fused-ring (bicyclic) bond motifs is 1. The van der Waals surface area contributed by atoms with Gasteiger partial charge in [0.15, 0.2) is 0 Å². The molecule has 0 amide bonds. The van der Waals surface area contributed by atoms with Gasteiger partial charge in [-0.25, -0.2) is 0 Å². The Balaban J connectivity index is 2.29. The lowest BCUT2D eigenvalue weighted by molar-refractivity contribution is 0.782. The summed E-state index contributed by atoms with van der Waals surface area (Å²) < 4.78 is 1.68. The molecule has 0 radical (unpaired) electrons. The molecule has 80 valence electrons. The molecule has 3 N–H and O–H groups in total. The van der Waals surface area contributed by atoms with E-state index in [1.165, 1.54) is 5.39 Å². The molecule has 0 atom stereocenters. The van der Waals surface area contributed by atoms with Gasteiger partial charge in [0.05, 0.1) is 5.69 Å². The van der Waals surface area contributed by atoms with Crippen LogP contribution in [0.5, 0.6) is 0 Å². The topological polar surface area (TPSA) is 59.6 Å². The zero-order valence-electron chi connectivity index (χ0n) is 8.94. The molecule has 2 aromatic heterocycles. The SMILES string of the molecule is Cn1nc(-c2cccc3[nH]ccc23)cc1N. The Hall–Kier alpha value is -2.23. The van der Waals surface area contributed by atoms with Gasteiger partial charge in [0.25, 0.3) is 0 Å². The fourth-order valence-corrected chi connectivity index (χ4v) is 1.92. The summed E-state index contributed by atoms with van der Waals surface area (Å²) >= 11 is 0. The molecule has 0 bridgehead atoms. The summed E-state index contributed by atoms with van der Waals surface area (Å²) in [7, 11) is 1.84. The first-order valence-electron chi connectivity index (χ1n) is 5.12. The standard InChI is InChI=1S/C12H12N4/c1-16-12(13)7-11(15-16)8-3-2-4-10-9(8)5-6-14-10/h2-7,14H,13H2,1H3. The van der Waals surface area contributed by atoms with E-state index in [1.54, 1.807) is 4.68 Å². The van der Waals surface area contributed by atoms with Crippen molar-refractivity contribution >= 4 is 16.7 Å². The summed E-state index contributed by atoms with van der Waals surface area (Å²) in [4.78, 5) is 3.19. The number of H-pyrrole nitrogens is 1. The summed E-state index contributed by atoms with van der Waals surface area (Å²) in [5, 5.41) is 5.56. The number of rotatable bonds is 1. The van der Waals surface area contributed by atoms with Gasteiger partial charge in [0, 0.05) is 35.8 Å². The predicted octanol–water partition coefficient (Wildman–Crippen LogP) is 2.15. The maximum Gasteiger partial charge on any atom is 0.121 e. The number of hydrogen-bond donors (Lipinski definition) is 2. The first-order chi connectivity index (χ1) is 7.75. The van der Waals surface area contributed by atoms with Crippen molar-refractivity contribution in [3.05, 3.63) is 36.5 Å². The van der Waals surface area contributed by atoms with Crippen molar-refractivity contribution in [2.75, 3.05) is 5.73 Å². The number of nitrogens with two attached hydrogens (primary N) is 1. The van der Waals surface area contributed by atoms with Gasteiger partial charge in [-0.3, -0.25) is 4.68 Å². The van der Waals surface area contributed by atoms with Crippen LogP contribution in [0.15, 0.2) is 36.5 Å². The van der Waals surface area contributed by atoms with Crippen LogP contribution in [0.25, 0.3) is 22.2 Å². The Kier molecular flexibility index (Phi) is 1.77. The molecule has 16 heavy (non-hydrogen) atoms. The van der Waals surface area contributed by atoms with Crippen molar-refractivity contribution in [3.8, 4) is 11.3 Å². The van der Waals surface area contributed by atoms with E-state index in [1.807, 2.05) is 31.4 Å². The zero-order chi connectivity index (χ0) is 11.1. The van der Waals surface area contributed by atoms with E-state index in [0.717, 1.165) is 16.8 Å². The number of benzene rings is 1. The highest BCUT2D eigenvalue weighted by Crippen LogP contribution is 2.27. The smallest absolute Gasteiger partial charge is 0.121 e. The summed E-state index contributed by atoms with van der Waals surface area (Å²) in [6.45, 7) is 0. The molecule has 0 unspecified atom stereocenters. The molecule has 3 rings (SSSR count). The monoisotopic (exact) mass is 212 g/mol. The van der Waals surface area contributed by atoms with Crippen LogP contribution in [-0.4, -0.2) is 14.8 Å². The normalized spacial score (nSPS) is 11.1. The molecule has 0 saturated heterocycles. The van der Waals surface area contributed by atoms with E-state index in [2.05, 4.69) is 22.2 Å². The Morgan fingerprint density at radius 1 is 1.31 bits per heavy atom. The number of anilines is 1. The van der Waals surface area contributed by atoms with Crippen LogP contribution in [0.3, 0.4) is 0 Å². The molecule has 0 aliphatic carbocycles. The number of nitrogens with one attached hydrogen (secondary N) is 1. The van der Waals surface area contributed by atoms with Gasteiger partial charge in [-0.2, -0.15) is 5.10 Å². The van der Waals surface area contributed by atoms with E-state index in [9.17, 15) is 0 Å². The minimum Gasteiger partial charge on any atom is -0.384 e. The lowest BCUT2D eigenvalue weighted by atomic mass is 10.1. The summed E-state index contributed by atoms with van der Waals surface area (Å²) in [6, 6.07) is 10.1. The van der Waals surface area contributed by atoms with Crippen LogP contribution >= 0.6 is 0 Å². The number of aromatic nitrogens is 3. The summed E-state index contributed by atoms with van der Waals surface area (Å²) in [5.41, 5.74) is 8.91. The second-order valence-electron chi connectivity index (χ2n) is 3.82. The molecule has 4 heteroatoms. The van der Waals surface area contributed by atoms with Crippen molar-refractivity contribution in [2.45, 2.75) is 0 Å². The van der Waals surface area contributed by atoms with Gasteiger partial charge in [0.1, 0.15) is 5.82 Å². The van der Waals surface area contributed by atoms with Crippen molar-refractivity contribution < 1.29 is 0 Å². The third-order valence-electron chi connectivity index (χ3n) is 2.79. The van der Waals surface area contributed by atoms with Gasteiger partial charge in [0.2, 0.25) is 0 Å². The van der Waals surface area contributed by atoms with Gasteiger partial charge >= 0.3 is 0 Å². The third-order valence-corrected chi connectivity index (χ3v) is 2.79. The Morgan fingerprint density at radius 3 is 2.94 bits per heavy atom.